The molecule has 10 heteroatoms. The highest BCUT2D eigenvalue weighted by Gasteiger charge is 2.13. The highest BCUT2D eigenvalue weighted by molar-refractivity contribution is 5.75. The molecule has 0 saturated carbocycles. The molecule has 3 heterocycles. The van der Waals surface area contributed by atoms with Gasteiger partial charge in [-0.15, -0.1) is 5.10 Å². The molecule has 0 bridgehead atoms. The van der Waals surface area contributed by atoms with Crippen LogP contribution in [0.3, 0.4) is 0 Å². The number of nitrogens with two attached hydrogens (primary N) is 1. The van der Waals surface area contributed by atoms with Gasteiger partial charge in [-0.05, 0) is 18.6 Å². The van der Waals surface area contributed by atoms with Gasteiger partial charge in [0.2, 0.25) is 5.88 Å². The highest BCUT2D eigenvalue weighted by Crippen LogP contribution is 2.26. The van der Waals surface area contributed by atoms with E-state index in [2.05, 4.69) is 40.9 Å². The van der Waals surface area contributed by atoms with Crippen LogP contribution in [0.2, 0.25) is 0 Å². The highest BCUT2D eigenvalue weighted by atomic mass is 16.6. The van der Waals surface area contributed by atoms with E-state index in [9.17, 15) is 4.79 Å². The van der Waals surface area contributed by atoms with Gasteiger partial charge in [0, 0.05) is 26.2 Å². The average molecular weight is 503 g/mol. The molecule has 0 unspecified atom stereocenters. The Hall–Kier alpha value is -3.27. The Kier molecular flexibility index (Phi) is 16.2. The van der Waals surface area contributed by atoms with E-state index >= 15 is 0 Å². The standard InChI is InChI=1S/C12H17N3O2.C7H9N3O2.C7H16/c1-4-7-15(2)12-10(6-5-8-16)13-9-11(14-12)17-3;8-4-5-3-6-7(10-9-5)12-2-1-11-6;1-3-5-7-6-4-2/h5-6,8-9H,4,7H2,1-3H3;3H,1-2,4,8H2;3-7H2,1-2H3/b6-5-;;. The number of hydrogen-bond donors (Lipinski definition) is 1. The number of allylic oxidation sites excluding steroid dienone is 1. The molecule has 0 fully saturated rings. The molecular weight excluding hydrogens is 460 g/mol. The second kappa shape index (κ2) is 19.0. The topological polar surface area (TPSA) is 126 Å². The average Bonchev–Trinajstić information content (AvgIpc) is 2.92. The molecule has 1 aliphatic rings. The Morgan fingerprint density at radius 2 is 1.81 bits per heavy atom. The minimum Gasteiger partial charge on any atom is -0.484 e. The first kappa shape index (κ1) is 30.8. The van der Waals surface area contributed by atoms with Crippen molar-refractivity contribution in [3.63, 3.8) is 0 Å². The fourth-order valence-corrected chi connectivity index (χ4v) is 3.11. The maximum Gasteiger partial charge on any atom is 0.276 e. The number of fused-ring (bicyclic) bond motifs is 1. The lowest BCUT2D eigenvalue weighted by molar-refractivity contribution is -0.104. The summed E-state index contributed by atoms with van der Waals surface area (Å²) in [5, 5.41) is 7.64. The van der Waals surface area contributed by atoms with Crippen LogP contribution in [0.15, 0.2) is 18.3 Å². The summed E-state index contributed by atoms with van der Waals surface area (Å²) >= 11 is 0. The summed E-state index contributed by atoms with van der Waals surface area (Å²) in [4.78, 5) is 20.9. The molecule has 36 heavy (non-hydrogen) atoms. The maximum absolute atomic E-state index is 10.3. The zero-order valence-corrected chi connectivity index (χ0v) is 22.4. The Morgan fingerprint density at radius 3 is 2.42 bits per heavy atom. The van der Waals surface area contributed by atoms with Crippen molar-refractivity contribution < 1.29 is 19.0 Å². The second-order valence-electron chi connectivity index (χ2n) is 8.00. The van der Waals surface area contributed by atoms with Crippen LogP contribution in [0.5, 0.6) is 17.5 Å². The van der Waals surface area contributed by atoms with Crippen molar-refractivity contribution in [1.82, 2.24) is 20.2 Å². The summed E-state index contributed by atoms with van der Waals surface area (Å²) in [6, 6.07) is 1.75. The van der Waals surface area contributed by atoms with E-state index in [4.69, 9.17) is 19.9 Å². The van der Waals surface area contributed by atoms with E-state index in [-0.39, 0.29) is 0 Å². The van der Waals surface area contributed by atoms with Crippen molar-refractivity contribution in [1.29, 1.82) is 0 Å². The number of hydrogen-bond acceptors (Lipinski definition) is 10. The lowest BCUT2D eigenvalue weighted by atomic mass is 10.2. The lowest BCUT2D eigenvalue weighted by Gasteiger charge is -2.19. The van der Waals surface area contributed by atoms with Crippen LogP contribution in [0.1, 0.15) is 70.7 Å². The van der Waals surface area contributed by atoms with E-state index in [1.807, 2.05) is 11.9 Å². The van der Waals surface area contributed by atoms with Gasteiger partial charge in [0.25, 0.3) is 5.88 Å². The summed E-state index contributed by atoms with van der Waals surface area (Å²) in [5.41, 5.74) is 6.75. The van der Waals surface area contributed by atoms with E-state index < -0.39 is 0 Å². The van der Waals surface area contributed by atoms with Crippen LogP contribution in [0.25, 0.3) is 6.08 Å². The van der Waals surface area contributed by atoms with Gasteiger partial charge in [-0.25, -0.2) is 4.98 Å². The largest absolute Gasteiger partial charge is 0.484 e. The minimum absolute atomic E-state index is 0.365. The number of unbranched alkanes of at least 4 members (excludes halogenated alkanes) is 4. The molecule has 10 nitrogen and oxygen atoms in total. The molecule has 2 aromatic heterocycles. The molecule has 3 rings (SSSR count). The lowest BCUT2D eigenvalue weighted by Crippen LogP contribution is -2.20. The molecule has 0 radical (unpaired) electrons. The third-order valence-electron chi connectivity index (χ3n) is 5.00. The smallest absolute Gasteiger partial charge is 0.276 e. The van der Waals surface area contributed by atoms with E-state index in [0.717, 1.165) is 19.3 Å². The first-order valence-electron chi connectivity index (χ1n) is 12.6. The molecule has 2 N–H and O–H groups in total. The molecule has 0 spiro atoms. The van der Waals surface area contributed by atoms with Gasteiger partial charge in [0.05, 0.1) is 19.0 Å². The van der Waals surface area contributed by atoms with Gasteiger partial charge >= 0.3 is 0 Å². The Morgan fingerprint density at radius 1 is 1.08 bits per heavy atom. The number of methoxy groups -OCH3 is 1. The van der Waals surface area contributed by atoms with Crippen LogP contribution in [0, 0.1) is 0 Å². The fourth-order valence-electron chi connectivity index (χ4n) is 3.11. The van der Waals surface area contributed by atoms with Gasteiger partial charge in [0.15, 0.2) is 11.6 Å². The molecule has 0 atom stereocenters. The van der Waals surface area contributed by atoms with Gasteiger partial charge in [-0.3, -0.25) is 4.79 Å². The first-order valence-corrected chi connectivity index (χ1v) is 12.6. The predicted octanol–water partition coefficient (Wildman–Crippen LogP) is 4.23. The quantitative estimate of drug-likeness (QED) is 0.271. The molecule has 2 aromatic rings. The van der Waals surface area contributed by atoms with Crippen molar-refractivity contribution in [2.45, 2.75) is 65.8 Å². The molecular formula is C26H42N6O4. The van der Waals surface area contributed by atoms with Crippen LogP contribution in [-0.4, -0.2) is 60.4 Å². The van der Waals surface area contributed by atoms with Crippen LogP contribution < -0.4 is 24.8 Å². The number of anilines is 1. The number of nitrogens with zero attached hydrogens (tertiary/aromatic N) is 5. The molecule has 0 amide bonds. The van der Waals surface area contributed by atoms with Gasteiger partial charge in [0.1, 0.15) is 25.2 Å². The Labute approximate surface area is 215 Å². The van der Waals surface area contributed by atoms with E-state index in [1.54, 1.807) is 19.3 Å². The molecule has 1 aliphatic heterocycles. The fraction of sp³-hybridized carbons (Fsp3) is 0.577. The van der Waals surface area contributed by atoms with Crippen molar-refractivity contribution in [2.24, 2.45) is 5.73 Å². The van der Waals surface area contributed by atoms with Crippen LogP contribution in [0.4, 0.5) is 5.82 Å². The molecule has 0 aromatic carbocycles. The third-order valence-corrected chi connectivity index (χ3v) is 5.00. The number of carbonyl (C=O) groups excluding carboxylic acids is 1. The minimum atomic E-state index is 0.365. The maximum atomic E-state index is 10.3. The summed E-state index contributed by atoms with van der Waals surface area (Å²) < 4.78 is 15.5. The Bertz CT molecular complexity index is 906. The number of rotatable bonds is 11. The van der Waals surface area contributed by atoms with Crippen molar-refractivity contribution >= 4 is 18.2 Å². The summed E-state index contributed by atoms with van der Waals surface area (Å²) in [6.07, 6.45) is 13.3. The summed E-state index contributed by atoms with van der Waals surface area (Å²) in [6.45, 7) is 8.90. The number of carbonyl (C=O) groups is 1. The predicted molar refractivity (Wildman–Crippen MR) is 143 cm³/mol. The Balaban J connectivity index is 0.000000296. The molecule has 200 valence electrons. The van der Waals surface area contributed by atoms with Gasteiger partial charge < -0.3 is 24.8 Å². The summed E-state index contributed by atoms with van der Waals surface area (Å²) in [5.74, 6) is 2.27. The molecule has 0 saturated heterocycles. The molecule has 0 aliphatic carbocycles. The number of aldehydes is 1. The van der Waals surface area contributed by atoms with Crippen molar-refractivity contribution in [2.75, 3.05) is 38.8 Å². The zero-order chi connectivity index (χ0) is 26.6. The normalized spacial score (nSPS) is 11.6. The SMILES string of the molecule is CCCCCCC.CCCN(C)c1nc(OC)cnc1/C=C\C=O.NCc1cc2c(nn1)OCCO2. The van der Waals surface area contributed by atoms with Crippen LogP contribution in [-0.2, 0) is 11.3 Å². The number of aromatic nitrogens is 4. The second-order valence-corrected chi connectivity index (χ2v) is 8.00. The monoisotopic (exact) mass is 502 g/mol. The van der Waals surface area contributed by atoms with Gasteiger partial charge in [-0.1, -0.05) is 52.9 Å². The van der Waals surface area contributed by atoms with Gasteiger partial charge in [-0.2, -0.15) is 10.1 Å². The number of ether oxygens (including phenoxy) is 3. The first-order chi connectivity index (χ1) is 17.5. The van der Waals surface area contributed by atoms with Crippen LogP contribution >= 0.6 is 0 Å². The van der Waals surface area contributed by atoms with E-state index in [1.165, 1.54) is 44.4 Å². The van der Waals surface area contributed by atoms with Crippen molar-refractivity contribution in [3.05, 3.63) is 29.7 Å². The third kappa shape index (κ3) is 11.4. The zero-order valence-electron chi connectivity index (χ0n) is 22.4. The van der Waals surface area contributed by atoms with Crippen molar-refractivity contribution in [3.8, 4) is 17.5 Å². The summed E-state index contributed by atoms with van der Waals surface area (Å²) in [7, 11) is 3.49. The van der Waals surface area contributed by atoms with E-state index in [0.29, 0.717) is 54.5 Å².